The second-order valence-electron chi connectivity index (χ2n) is 4.63. The summed E-state index contributed by atoms with van der Waals surface area (Å²) in [5.41, 5.74) is 1.40. The molecule has 1 amide bonds. The summed E-state index contributed by atoms with van der Waals surface area (Å²) in [6, 6.07) is 8.72. The van der Waals surface area contributed by atoms with Gasteiger partial charge in [0.15, 0.2) is 0 Å². The molecule has 3 aromatic rings. The number of nitrogens with zero attached hydrogens (tertiary/aromatic N) is 4. The molecule has 0 aliphatic heterocycles. The van der Waals surface area contributed by atoms with Crippen LogP contribution in [-0.4, -0.2) is 27.6 Å². The van der Waals surface area contributed by atoms with Gasteiger partial charge in [0.2, 0.25) is 16.0 Å². The molecule has 0 radical (unpaired) electrons. The molecule has 7 nitrogen and oxygen atoms in total. The fourth-order valence-electron chi connectivity index (χ4n) is 1.87. The van der Waals surface area contributed by atoms with Gasteiger partial charge in [-0.25, -0.2) is 4.98 Å². The molecule has 3 rings (SSSR count). The minimum atomic E-state index is -0.215. The summed E-state index contributed by atoms with van der Waals surface area (Å²) >= 11 is 1.29. The van der Waals surface area contributed by atoms with E-state index in [1.165, 1.54) is 35.0 Å². The summed E-state index contributed by atoms with van der Waals surface area (Å²) in [5.74, 6) is -0.0302. The SMILES string of the molecule is CC(=O)N(C)c1ccc(Nc2nn3c(=O)ccnc3s2)cc1. The van der Waals surface area contributed by atoms with E-state index in [0.29, 0.717) is 10.1 Å². The minimum Gasteiger partial charge on any atom is -0.330 e. The molecule has 0 aliphatic carbocycles. The van der Waals surface area contributed by atoms with Gasteiger partial charge in [0.25, 0.3) is 5.56 Å². The normalized spacial score (nSPS) is 10.6. The third-order valence-corrected chi connectivity index (χ3v) is 3.99. The maximum atomic E-state index is 11.6. The van der Waals surface area contributed by atoms with Crippen molar-refractivity contribution in [1.29, 1.82) is 0 Å². The van der Waals surface area contributed by atoms with E-state index in [0.717, 1.165) is 11.4 Å². The van der Waals surface area contributed by atoms with Gasteiger partial charge in [-0.3, -0.25) is 9.59 Å². The molecule has 0 unspecified atom stereocenters. The first kappa shape index (κ1) is 14.2. The maximum absolute atomic E-state index is 11.6. The molecule has 0 atom stereocenters. The molecule has 112 valence electrons. The number of hydrogen-bond acceptors (Lipinski definition) is 6. The molecule has 0 saturated carbocycles. The molecule has 0 saturated heterocycles. The third kappa shape index (κ3) is 2.68. The molecule has 2 heterocycles. The van der Waals surface area contributed by atoms with Gasteiger partial charge >= 0.3 is 0 Å². The number of fused-ring (bicyclic) bond motifs is 1. The molecule has 0 fully saturated rings. The zero-order chi connectivity index (χ0) is 15.7. The fourth-order valence-corrected chi connectivity index (χ4v) is 2.66. The fraction of sp³-hybridized carbons (Fsp3) is 0.143. The zero-order valence-electron chi connectivity index (χ0n) is 12.0. The quantitative estimate of drug-likeness (QED) is 0.798. The van der Waals surface area contributed by atoms with Crippen LogP contribution in [0.3, 0.4) is 0 Å². The van der Waals surface area contributed by atoms with Gasteiger partial charge in [-0.1, -0.05) is 11.3 Å². The number of nitrogens with one attached hydrogen (secondary N) is 1. The van der Waals surface area contributed by atoms with Crippen LogP contribution in [0.2, 0.25) is 0 Å². The first-order valence-corrected chi connectivity index (χ1v) is 7.32. The van der Waals surface area contributed by atoms with Crippen LogP contribution >= 0.6 is 11.3 Å². The Morgan fingerprint density at radius 2 is 2.00 bits per heavy atom. The van der Waals surface area contributed by atoms with E-state index in [9.17, 15) is 9.59 Å². The van der Waals surface area contributed by atoms with Crippen LogP contribution in [0.4, 0.5) is 16.5 Å². The predicted molar refractivity (Wildman–Crippen MR) is 85.9 cm³/mol. The molecular weight excluding hydrogens is 302 g/mol. The summed E-state index contributed by atoms with van der Waals surface area (Å²) in [6.45, 7) is 1.51. The van der Waals surface area contributed by atoms with E-state index < -0.39 is 0 Å². The van der Waals surface area contributed by atoms with Gasteiger partial charge in [0.05, 0.1) is 0 Å². The predicted octanol–water partition coefficient (Wildman–Crippen LogP) is 1.88. The summed E-state index contributed by atoms with van der Waals surface area (Å²) in [6.07, 6.45) is 1.46. The standard InChI is InChI=1S/C14H13N5O2S/c1-9(20)18(2)11-5-3-10(4-6-11)16-13-17-19-12(21)7-8-15-14(19)22-13/h3-8H,1-2H3,(H,16,17). The molecule has 1 N–H and O–H groups in total. The van der Waals surface area contributed by atoms with Gasteiger partial charge in [-0.2, -0.15) is 4.52 Å². The average Bonchev–Trinajstić information content (AvgIpc) is 2.91. The first-order valence-electron chi connectivity index (χ1n) is 6.51. The smallest absolute Gasteiger partial charge is 0.275 e. The van der Waals surface area contributed by atoms with Gasteiger partial charge < -0.3 is 10.2 Å². The number of benzene rings is 1. The lowest BCUT2D eigenvalue weighted by atomic mass is 10.2. The topological polar surface area (TPSA) is 79.6 Å². The van der Waals surface area contributed by atoms with Crippen molar-refractivity contribution in [2.45, 2.75) is 6.92 Å². The number of aromatic nitrogens is 3. The Hall–Kier alpha value is -2.74. The largest absolute Gasteiger partial charge is 0.330 e. The molecule has 0 aliphatic rings. The Bertz CT molecular complexity index is 884. The average molecular weight is 315 g/mol. The lowest BCUT2D eigenvalue weighted by Gasteiger charge is -2.15. The highest BCUT2D eigenvalue weighted by Crippen LogP contribution is 2.23. The van der Waals surface area contributed by atoms with Crippen LogP contribution < -0.4 is 15.8 Å². The Labute approximate surface area is 129 Å². The van der Waals surface area contributed by atoms with Crippen molar-refractivity contribution in [3.8, 4) is 0 Å². The summed E-state index contributed by atoms with van der Waals surface area (Å²) in [4.78, 5) is 29.1. The van der Waals surface area contributed by atoms with E-state index in [-0.39, 0.29) is 11.5 Å². The number of carbonyl (C=O) groups is 1. The van der Waals surface area contributed by atoms with Gasteiger partial charge in [0, 0.05) is 37.6 Å². The van der Waals surface area contributed by atoms with Crippen molar-refractivity contribution in [2.24, 2.45) is 0 Å². The maximum Gasteiger partial charge on any atom is 0.275 e. The number of carbonyl (C=O) groups excluding carboxylic acids is 1. The van der Waals surface area contributed by atoms with Gasteiger partial charge in [-0.05, 0) is 24.3 Å². The van der Waals surface area contributed by atoms with E-state index in [1.54, 1.807) is 11.9 Å². The molecule has 22 heavy (non-hydrogen) atoms. The Balaban J connectivity index is 1.84. The highest BCUT2D eigenvalue weighted by molar-refractivity contribution is 7.20. The lowest BCUT2D eigenvalue weighted by molar-refractivity contribution is -0.116. The molecule has 8 heteroatoms. The van der Waals surface area contributed by atoms with E-state index >= 15 is 0 Å². The number of hydrogen-bond donors (Lipinski definition) is 1. The third-order valence-electron chi connectivity index (χ3n) is 3.15. The second kappa shape index (κ2) is 5.57. The number of amides is 1. The van der Waals surface area contributed by atoms with Crippen molar-refractivity contribution in [3.05, 3.63) is 46.9 Å². The van der Waals surface area contributed by atoms with Crippen molar-refractivity contribution in [3.63, 3.8) is 0 Å². The number of rotatable bonds is 3. The van der Waals surface area contributed by atoms with Crippen molar-refractivity contribution >= 4 is 38.7 Å². The van der Waals surface area contributed by atoms with Gasteiger partial charge in [-0.15, -0.1) is 5.10 Å². The summed E-state index contributed by atoms with van der Waals surface area (Å²) < 4.78 is 1.25. The molecule has 0 spiro atoms. The van der Waals surface area contributed by atoms with Crippen molar-refractivity contribution in [1.82, 2.24) is 14.6 Å². The van der Waals surface area contributed by atoms with Crippen LogP contribution in [0.25, 0.3) is 4.96 Å². The monoisotopic (exact) mass is 315 g/mol. The van der Waals surface area contributed by atoms with E-state index in [2.05, 4.69) is 15.4 Å². The molecule has 1 aromatic carbocycles. The lowest BCUT2D eigenvalue weighted by Crippen LogP contribution is -2.22. The van der Waals surface area contributed by atoms with E-state index in [1.807, 2.05) is 24.3 Å². The summed E-state index contributed by atoms with van der Waals surface area (Å²) in [5, 5.41) is 7.87. The molecule has 0 bridgehead atoms. The molecule has 2 aromatic heterocycles. The molecular formula is C14H13N5O2S. The van der Waals surface area contributed by atoms with Gasteiger partial charge in [0.1, 0.15) is 0 Å². The first-order chi connectivity index (χ1) is 10.5. The Morgan fingerprint density at radius 1 is 1.27 bits per heavy atom. The van der Waals surface area contributed by atoms with E-state index in [4.69, 9.17) is 0 Å². The zero-order valence-corrected chi connectivity index (χ0v) is 12.8. The summed E-state index contributed by atoms with van der Waals surface area (Å²) in [7, 11) is 1.72. The Morgan fingerprint density at radius 3 is 2.64 bits per heavy atom. The van der Waals surface area contributed by atoms with Crippen LogP contribution in [0.5, 0.6) is 0 Å². The van der Waals surface area contributed by atoms with Crippen LogP contribution in [0.1, 0.15) is 6.92 Å². The van der Waals surface area contributed by atoms with Crippen molar-refractivity contribution < 1.29 is 4.79 Å². The highest BCUT2D eigenvalue weighted by atomic mass is 32.1. The van der Waals surface area contributed by atoms with Crippen LogP contribution in [-0.2, 0) is 4.79 Å². The van der Waals surface area contributed by atoms with Crippen LogP contribution in [0.15, 0.2) is 41.3 Å². The second-order valence-corrected chi connectivity index (χ2v) is 5.59. The number of anilines is 3. The minimum absolute atomic E-state index is 0.0302. The van der Waals surface area contributed by atoms with Crippen molar-refractivity contribution in [2.75, 3.05) is 17.3 Å². The highest BCUT2D eigenvalue weighted by Gasteiger charge is 2.08. The van der Waals surface area contributed by atoms with Crippen LogP contribution in [0, 0.1) is 0 Å². The Kier molecular flexibility index (Phi) is 3.60.